The van der Waals surface area contributed by atoms with Crippen molar-refractivity contribution in [2.75, 3.05) is 39.3 Å². The molecule has 0 radical (unpaired) electrons. The summed E-state index contributed by atoms with van der Waals surface area (Å²) in [6.07, 6.45) is 5.20. The molecule has 1 fully saturated rings. The van der Waals surface area contributed by atoms with E-state index in [1.54, 1.807) is 23.1 Å². The largest absolute Gasteiger partial charge is 0.334 e. The van der Waals surface area contributed by atoms with Gasteiger partial charge in [0.1, 0.15) is 6.04 Å². The lowest BCUT2D eigenvalue weighted by molar-refractivity contribution is -0.134. The molecule has 1 unspecified atom stereocenters. The van der Waals surface area contributed by atoms with Crippen molar-refractivity contribution in [3.8, 4) is 0 Å². The molecular formula is C14H23N3O. The van der Waals surface area contributed by atoms with E-state index in [9.17, 15) is 4.79 Å². The highest BCUT2D eigenvalue weighted by atomic mass is 16.2. The van der Waals surface area contributed by atoms with Crippen LogP contribution in [0.15, 0.2) is 38.0 Å². The Morgan fingerprint density at radius 3 is 2.22 bits per heavy atom. The van der Waals surface area contributed by atoms with E-state index >= 15 is 0 Å². The van der Waals surface area contributed by atoms with Gasteiger partial charge in [0.2, 0.25) is 5.91 Å². The van der Waals surface area contributed by atoms with Gasteiger partial charge in [0.25, 0.3) is 0 Å². The Kier molecular flexibility index (Phi) is 6.39. The van der Waals surface area contributed by atoms with Gasteiger partial charge in [0, 0.05) is 39.3 Å². The Hall–Kier alpha value is -1.39. The summed E-state index contributed by atoms with van der Waals surface area (Å²) >= 11 is 0. The lowest BCUT2D eigenvalue weighted by Gasteiger charge is -2.34. The molecule has 100 valence electrons. The van der Waals surface area contributed by atoms with Crippen molar-refractivity contribution in [2.45, 2.75) is 6.04 Å². The summed E-state index contributed by atoms with van der Waals surface area (Å²) in [4.78, 5) is 16.4. The van der Waals surface area contributed by atoms with Crippen molar-refractivity contribution in [1.29, 1.82) is 0 Å². The first-order valence-electron chi connectivity index (χ1n) is 6.32. The maximum atomic E-state index is 12.5. The number of hydrogen-bond acceptors (Lipinski definition) is 3. The lowest BCUT2D eigenvalue weighted by atomic mass is 10.1. The molecule has 1 aliphatic heterocycles. The fraction of sp³-hybridized carbons (Fsp3) is 0.500. The molecule has 0 saturated carbocycles. The molecule has 0 aromatic carbocycles. The van der Waals surface area contributed by atoms with Crippen LogP contribution in [0.2, 0.25) is 0 Å². The number of carbonyl (C=O) groups excluding carboxylic acids is 1. The molecule has 1 amide bonds. The van der Waals surface area contributed by atoms with Crippen molar-refractivity contribution < 1.29 is 4.79 Å². The van der Waals surface area contributed by atoms with Gasteiger partial charge in [0.15, 0.2) is 0 Å². The number of carbonyl (C=O) groups is 1. The molecule has 4 heteroatoms. The minimum atomic E-state index is -0.244. The van der Waals surface area contributed by atoms with Gasteiger partial charge in [-0.05, 0) is 0 Å². The Bertz CT molecular complexity index is 298. The monoisotopic (exact) mass is 249 g/mol. The summed E-state index contributed by atoms with van der Waals surface area (Å²) < 4.78 is 0. The zero-order valence-electron chi connectivity index (χ0n) is 11.0. The summed E-state index contributed by atoms with van der Waals surface area (Å²) in [5, 5.41) is 3.28. The Morgan fingerprint density at radius 1 is 1.22 bits per heavy atom. The van der Waals surface area contributed by atoms with E-state index in [4.69, 9.17) is 0 Å². The quantitative estimate of drug-likeness (QED) is 0.673. The van der Waals surface area contributed by atoms with Crippen LogP contribution < -0.4 is 5.32 Å². The van der Waals surface area contributed by atoms with Crippen molar-refractivity contribution in [2.24, 2.45) is 0 Å². The molecule has 1 saturated heterocycles. The number of rotatable bonds is 7. The Morgan fingerprint density at radius 2 is 1.78 bits per heavy atom. The fourth-order valence-electron chi connectivity index (χ4n) is 2.12. The second-order valence-corrected chi connectivity index (χ2v) is 4.29. The maximum absolute atomic E-state index is 12.5. The van der Waals surface area contributed by atoms with Crippen LogP contribution in [-0.4, -0.2) is 61.0 Å². The molecule has 0 bridgehead atoms. The third-order valence-electron chi connectivity index (χ3n) is 3.03. The van der Waals surface area contributed by atoms with Crippen LogP contribution in [0.5, 0.6) is 0 Å². The molecule has 1 atom stereocenters. The molecular weight excluding hydrogens is 226 g/mol. The van der Waals surface area contributed by atoms with Gasteiger partial charge in [-0.15, -0.1) is 19.7 Å². The normalized spacial score (nSPS) is 17.8. The third kappa shape index (κ3) is 3.82. The van der Waals surface area contributed by atoms with E-state index in [1.165, 1.54) is 0 Å². The van der Waals surface area contributed by atoms with E-state index in [0.29, 0.717) is 13.1 Å². The first-order valence-corrected chi connectivity index (χ1v) is 6.32. The minimum absolute atomic E-state index is 0.0756. The van der Waals surface area contributed by atoms with Crippen molar-refractivity contribution >= 4 is 5.91 Å². The van der Waals surface area contributed by atoms with Gasteiger partial charge in [-0.3, -0.25) is 9.69 Å². The van der Waals surface area contributed by atoms with Crippen LogP contribution in [-0.2, 0) is 4.79 Å². The number of nitrogens with zero attached hydrogens (tertiary/aromatic N) is 2. The van der Waals surface area contributed by atoms with Crippen LogP contribution in [0, 0.1) is 0 Å². The predicted octanol–water partition coefficient (Wildman–Crippen LogP) is 0.647. The summed E-state index contributed by atoms with van der Waals surface area (Å²) in [5.41, 5.74) is 0. The lowest BCUT2D eigenvalue weighted by Crippen LogP contribution is -2.54. The fourth-order valence-corrected chi connectivity index (χ4v) is 2.12. The maximum Gasteiger partial charge on any atom is 0.244 e. The summed E-state index contributed by atoms with van der Waals surface area (Å²) in [5.74, 6) is 0.0756. The Labute approximate surface area is 110 Å². The molecule has 4 nitrogen and oxygen atoms in total. The second-order valence-electron chi connectivity index (χ2n) is 4.29. The molecule has 1 heterocycles. The molecule has 0 aliphatic carbocycles. The summed E-state index contributed by atoms with van der Waals surface area (Å²) in [6.45, 7) is 15.8. The van der Waals surface area contributed by atoms with E-state index in [2.05, 4.69) is 30.0 Å². The summed E-state index contributed by atoms with van der Waals surface area (Å²) in [7, 11) is 0. The van der Waals surface area contributed by atoms with Crippen molar-refractivity contribution in [3.05, 3.63) is 38.0 Å². The van der Waals surface area contributed by atoms with Crippen LogP contribution in [0.4, 0.5) is 0 Å². The third-order valence-corrected chi connectivity index (χ3v) is 3.03. The zero-order valence-corrected chi connectivity index (χ0v) is 11.0. The van der Waals surface area contributed by atoms with Gasteiger partial charge >= 0.3 is 0 Å². The summed E-state index contributed by atoms with van der Waals surface area (Å²) in [6, 6.07) is -0.244. The molecule has 1 aliphatic rings. The highest BCUT2D eigenvalue weighted by Gasteiger charge is 2.27. The number of amides is 1. The molecule has 1 rings (SSSR count). The smallest absolute Gasteiger partial charge is 0.244 e. The molecule has 0 aromatic rings. The first kappa shape index (κ1) is 14.7. The van der Waals surface area contributed by atoms with Crippen LogP contribution in [0.1, 0.15) is 0 Å². The zero-order chi connectivity index (χ0) is 13.4. The predicted molar refractivity (Wildman–Crippen MR) is 75.4 cm³/mol. The van der Waals surface area contributed by atoms with Crippen LogP contribution >= 0.6 is 0 Å². The number of nitrogens with one attached hydrogen (secondary N) is 1. The van der Waals surface area contributed by atoms with Gasteiger partial charge in [-0.2, -0.15) is 0 Å². The topological polar surface area (TPSA) is 35.6 Å². The van der Waals surface area contributed by atoms with Crippen LogP contribution in [0.3, 0.4) is 0 Å². The van der Waals surface area contributed by atoms with Gasteiger partial charge in [0.05, 0.1) is 0 Å². The van der Waals surface area contributed by atoms with Crippen molar-refractivity contribution in [3.63, 3.8) is 0 Å². The van der Waals surface area contributed by atoms with Crippen LogP contribution in [0.25, 0.3) is 0 Å². The van der Waals surface area contributed by atoms with Gasteiger partial charge < -0.3 is 10.2 Å². The molecule has 0 aromatic heterocycles. The molecule has 0 spiro atoms. The standard InChI is InChI=1S/C14H23N3O/c1-4-9-17(10-5-2)14(18)13(6-3)16-11-7-15-8-12-16/h4-6,13,15H,1-3,7-12H2. The SMILES string of the molecule is C=CCN(CC=C)C(=O)C(C=C)N1CCNCC1. The molecule has 1 N–H and O–H groups in total. The van der Waals surface area contributed by atoms with E-state index in [1.807, 2.05) is 0 Å². The number of hydrogen-bond donors (Lipinski definition) is 1. The van der Waals surface area contributed by atoms with E-state index in [0.717, 1.165) is 26.2 Å². The van der Waals surface area contributed by atoms with Gasteiger partial charge in [-0.1, -0.05) is 18.2 Å². The van der Waals surface area contributed by atoms with E-state index < -0.39 is 0 Å². The van der Waals surface area contributed by atoms with E-state index in [-0.39, 0.29) is 11.9 Å². The first-order chi connectivity index (χ1) is 8.74. The number of piperazine rings is 1. The minimum Gasteiger partial charge on any atom is -0.334 e. The Balaban J connectivity index is 2.71. The van der Waals surface area contributed by atoms with Crippen molar-refractivity contribution in [1.82, 2.24) is 15.1 Å². The highest BCUT2D eigenvalue weighted by Crippen LogP contribution is 2.07. The molecule has 18 heavy (non-hydrogen) atoms. The average molecular weight is 249 g/mol. The van der Waals surface area contributed by atoms with Gasteiger partial charge in [-0.25, -0.2) is 0 Å². The average Bonchev–Trinajstić information content (AvgIpc) is 2.40. The highest BCUT2D eigenvalue weighted by molar-refractivity contribution is 5.84. The second kappa shape index (κ2) is 7.84.